The van der Waals surface area contributed by atoms with Gasteiger partial charge in [0.05, 0.1) is 0 Å². The molecule has 0 aromatic heterocycles. The van der Waals surface area contributed by atoms with Crippen molar-refractivity contribution in [3.63, 3.8) is 0 Å². The molecule has 0 amide bonds. The lowest BCUT2D eigenvalue weighted by atomic mass is 9.76. The van der Waals surface area contributed by atoms with E-state index in [-0.39, 0.29) is 0 Å². The first-order valence-corrected chi connectivity index (χ1v) is 5.00. The molecule has 0 radical (unpaired) electrons. The Morgan fingerprint density at radius 1 is 1.08 bits per heavy atom. The zero-order valence-corrected chi connectivity index (χ0v) is 9.52. The summed E-state index contributed by atoms with van der Waals surface area (Å²) in [6.45, 7) is 13.5. The van der Waals surface area contributed by atoms with Crippen LogP contribution in [0.2, 0.25) is 0 Å². The summed E-state index contributed by atoms with van der Waals surface area (Å²) in [4.78, 5) is 0. The molecule has 0 heterocycles. The molecule has 74 valence electrons. The Morgan fingerprint density at radius 3 is 1.75 bits per heavy atom. The van der Waals surface area contributed by atoms with E-state index in [0.29, 0.717) is 23.3 Å². The molecule has 0 aliphatic carbocycles. The van der Waals surface area contributed by atoms with Crippen LogP contribution >= 0.6 is 0 Å². The van der Waals surface area contributed by atoms with Crippen molar-refractivity contribution in [2.45, 2.75) is 54.0 Å². The van der Waals surface area contributed by atoms with Crippen molar-refractivity contribution in [3.05, 3.63) is 0 Å². The van der Waals surface area contributed by atoms with Crippen LogP contribution < -0.4 is 5.73 Å². The quantitative estimate of drug-likeness (QED) is 0.694. The van der Waals surface area contributed by atoms with Crippen LogP contribution in [0.3, 0.4) is 0 Å². The van der Waals surface area contributed by atoms with Gasteiger partial charge in [-0.1, -0.05) is 41.5 Å². The molecule has 1 unspecified atom stereocenters. The molecule has 12 heavy (non-hydrogen) atoms. The lowest BCUT2D eigenvalue weighted by Gasteiger charge is -2.33. The summed E-state index contributed by atoms with van der Waals surface area (Å²) in [5.41, 5.74) is 6.45. The minimum Gasteiger partial charge on any atom is -0.327 e. The number of hydrogen-bond donors (Lipinski definition) is 1. The average molecular weight is 171 g/mol. The van der Waals surface area contributed by atoms with Crippen molar-refractivity contribution in [1.29, 1.82) is 0 Å². The van der Waals surface area contributed by atoms with Crippen LogP contribution in [0.25, 0.3) is 0 Å². The van der Waals surface area contributed by atoms with E-state index in [1.807, 2.05) is 0 Å². The molecule has 0 aliphatic rings. The predicted molar refractivity (Wildman–Crippen MR) is 56.0 cm³/mol. The summed E-state index contributed by atoms with van der Waals surface area (Å²) < 4.78 is 0. The fourth-order valence-electron chi connectivity index (χ4n) is 1.39. The maximum atomic E-state index is 6.10. The van der Waals surface area contributed by atoms with Gasteiger partial charge in [0.25, 0.3) is 0 Å². The smallest absolute Gasteiger partial charge is 0.00719 e. The highest BCUT2D eigenvalue weighted by Crippen LogP contribution is 2.29. The van der Waals surface area contributed by atoms with Crippen LogP contribution in [0.15, 0.2) is 0 Å². The van der Waals surface area contributed by atoms with Gasteiger partial charge in [-0.3, -0.25) is 0 Å². The summed E-state index contributed by atoms with van der Waals surface area (Å²) in [6.07, 6.45) is 1.14. The minimum absolute atomic E-state index is 0.342. The Kier molecular flexibility index (Phi) is 4.25. The van der Waals surface area contributed by atoms with E-state index < -0.39 is 0 Å². The van der Waals surface area contributed by atoms with Crippen LogP contribution in [0.1, 0.15) is 48.0 Å². The van der Waals surface area contributed by atoms with Crippen LogP contribution in [-0.4, -0.2) is 6.04 Å². The van der Waals surface area contributed by atoms with Crippen molar-refractivity contribution >= 4 is 0 Å². The Morgan fingerprint density at radius 2 is 1.50 bits per heavy atom. The molecule has 0 aliphatic heterocycles. The number of rotatable bonds is 3. The van der Waals surface area contributed by atoms with Gasteiger partial charge < -0.3 is 5.73 Å². The maximum absolute atomic E-state index is 6.10. The second-order valence-corrected chi connectivity index (χ2v) is 5.45. The Labute approximate surface area is 77.7 Å². The normalized spacial score (nSPS) is 18.0. The molecular weight excluding hydrogens is 146 g/mol. The molecule has 0 spiro atoms. The van der Waals surface area contributed by atoms with E-state index >= 15 is 0 Å². The molecule has 0 saturated carbocycles. The third-order valence-corrected chi connectivity index (χ3v) is 2.75. The summed E-state index contributed by atoms with van der Waals surface area (Å²) in [6, 6.07) is 0.352. The van der Waals surface area contributed by atoms with Crippen LogP contribution in [0.5, 0.6) is 0 Å². The van der Waals surface area contributed by atoms with E-state index in [0.717, 1.165) is 6.42 Å². The predicted octanol–water partition coefficient (Wildman–Crippen LogP) is 3.04. The lowest BCUT2D eigenvalue weighted by Crippen LogP contribution is -2.37. The first-order chi connectivity index (χ1) is 5.25. The molecule has 0 bridgehead atoms. The van der Waals surface area contributed by atoms with Gasteiger partial charge in [-0.05, 0) is 23.7 Å². The van der Waals surface area contributed by atoms with E-state index in [1.54, 1.807) is 0 Å². The van der Waals surface area contributed by atoms with Crippen molar-refractivity contribution < 1.29 is 0 Å². The molecule has 2 atom stereocenters. The zero-order chi connectivity index (χ0) is 9.94. The van der Waals surface area contributed by atoms with Gasteiger partial charge in [0.15, 0.2) is 0 Å². The summed E-state index contributed by atoms with van der Waals surface area (Å²) in [5.74, 6) is 1.31. The Balaban J connectivity index is 4.01. The average Bonchev–Trinajstić information content (AvgIpc) is 1.82. The van der Waals surface area contributed by atoms with E-state index in [1.165, 1.54) is 0 Å². The van der Waals surface area contributed by atoms with Crippen molar-refractivity contribution in [2.75, 3.05) is 0 Å². The Bertz CT molecular complexity index is 121. The molecule has 1 heteroatoms. The fourth-order valence-corrected chi connectivity index (χ4v) is 1.39. The third kappa shape index (κ3) is 4.10. The molecule has 0 fully saturated rings. The van der Waals surface area contributed by atoms with Crippen molar-refractivity contribution in [1.82, 2.24) is 0 Å². The lowest BCUT2D eigenvalue weighted by molar-refractivity contribution is 0.205. The van der Waals surface area contributed by atoms with Gasteiger partial charge in [-0.15, -0.1) is 0 Å². The largest absolute Gasteiger partial charge is 0.327 e. The number of hydrogen-bond acceptors (Lipinski definition) is 1. The highest BCUT2D eigenvalue weighted by molar-refractivity contribution is 4.80. The number of nitrogens with two attached hydrogens (primary N) is 1. The van der Waals surface area contributed by atoms with E-state index in [4.69, 9.17) is 5.73 Å². The first kappa shape index (κ1) is 12.0. The van der Waals surface area contributed by atoms with Gasteiger partial charge in [0.2, 0.25) is 0 Å². The first-order valence-electron chi connectivity index (χ1n) is 5.00. The summed E-state index contributed by atoms with van der Waals surface area (Å²) in [7, 11) is 0. The highest BCUT2D eigenvalue weighted by Gasteiger charge is 2.25. The van der Waals surface area contributed by atoms with Crippen LogP contribution in [0, 0.1) is 17.3 Å². The standard InChI is InChI=1S/C11H25N/c1-8(2)7-10(12)9(3)11(4,5)6/h8-10H,7,12H2,1-6H3/t9?,10-/m0/s1. The van der Waals surface area contributed by atoms with Gasteiger partial charge >= 0.3 is 0 Å². The van der Waals surface area contributed by atoms with Crippen molar-refractivity contribution in [2.24, 2.45) is 23.0 Å². The SMILES string of the molecule is CC(C)C[C@H](N)C(C)C(C)(C)C. The fraction of sp³-hybridized carbons (Fsp3) is 1.00. The molecule has 0 rings (SSSR count). The van der Waals surface area contributed by atoms with Crippen molar-refractivity contribution in [3.8, 4) is 0 Å². The third-order valence-electron chi connectivity index (χ3n) is 2.75. The Hall–Kier alpha value is -0.0400. The second kappa shape index (κ2) is 4.27. The van der Waals surface area contributed by atoms with Crippen LogP contribution in [-0.2, 0) is 0 Å². The minimum atomic E-state index is 0.342. The molecule has 0 aromatic carbocycles. The summed E-state index contributed by atoms with van der Waals surface area (Å²) >= 11 is 0. The van der Waals surface area contributed by atoms with Gasteiger partial charge in [-0.2, -0.15) is 0 Å². The van der Waals surface area contributed by atoms with Crippen LogP contribution in [0.4, 0.5) is 0 Å². The van der Waals surface area contributed by atoms with Gasteiger partial charge in [0.1, 0.15) is 0 Å². The monoisotopic (exact) mass is 171 g/mol. The van der Waals surface area contributed by atoms with Gasteiger partial charge in [-0.25, -0.2) is 0 Å². The highest BCUT2D eigenvalue weighted by atomic mass is 14.7. The molecule has 0 aromatic rings. The maximum Gasteiger partial charge on any atom is 0.00719 e. The molecule has 2 N–H and O–H groups in total. The van der Waals surface area contributed by atoms with E-state index in [9.17, 15) is 0 Å². The molecule has 1 nitrogen and oxygen atoms in total. The molecule has 0 saturated heterocycles. The second-order valence-electron chi connectivity index (χ2n) is 5.45. The molecular formula is C11H25N. The topological polar surface area (TPSA) is 26.0 Å². The van der Waals surface area contributed by atoms with E-state index in [2.05, 4.69) is 41.5 Å². The summed E-state index contributed by atoms with van der Waals surface area (Å²) in [5, 5.41) is 0. The zero-order valence-electron chi connectivity index (χ0n) is 9.52. The van der Waals surface area contributed by atoms with Gasteiger partial charge in [0, 0.05) is 6.04 Å².